The lowest BCUT2D eigenvalue weighted by Crippen LogP contribution is -2.23. The molecule has 0 heterocycles. The fourth-order valence-corrected chi connectivity index (χ4v) is 2.62. The van der Waals surface area contributed by atoms with Gasteiger partial charge in [0, 0.05) is 0 Å². The van der Waals surface area contributed by atoms with E-state index < -0.39 is 23.4 Å². The minimum atomic E-state index is -4.90. The molecule has 0 aliphatic rings. The van der Waals surface area contributed by atoms with Gasteiger partial charge in [-0.2, -0.15) is 0 Å². The summed E-state index contributed by atoms with van der Waals surface area (Å²) in [5.74, 6) is -0.555. The Kier molecular flexibility index (Phi) is 4.72. The van der Waals surface area contributed by atoms with Crippen molar-refractivity contribution in [3.63, 3.8) is 0 Å². The van der Waals surface area contributed by atoms with Crippen LogP contribution in [0.1, 0.15) is 5.56 Å². The Labute approximate surface area is 127 Å². The second-order valence-corrected chi connectivity index (χ2v) is 5.15. The summed E-state index contributed by atoms with van der Waals surface area (Å²) in [7, 11) is 0. The largest absolute Gasteiger partial charge is 0.573 e. The van der Waals surface area contributed by atoms with E-state index in [1.165, 1.54) is 24.3 Å². The van der Waals surface area contributed by atoms with Gasteiger partial charge < -0.3 is 4.74 Å². The molecule has 1 N–H and O–H groups in total. The Morgan fingerprint density at radius 2 is 1.59 bits per heavy atom. The van der Waals surface area contributed by atoms with Crippen molar-refractivity contribution in [2.45, 2.75) is 13.3 Å². The number of para-hydroxylation sites is 3. The number of alkyl halides is 3. The summed E-state index contributed by atoms with van der Waals surface area (Å²) in [6.45, 7) is 1.68. The molecule has 2 aromatic carbocycles. The number of rotatable bonds is 4. The minimum absolute atomic E-state index is 0.157. The van der Waals surface area contributed by atoms with E-state index in [0.29, 0.717) is 11.3 Å². The molecule has 0 aromatic heterocycles. The SMILES string of the molecule is Cc1ccccc1N(c1ccccc1OC(F)(F)F)S(=O)O. The molecular formula is C14H12F3NO3S. The van der Waals surface area contributed by atoms with Crippen LogP contribution in [0.5, 0.6) is 5.75 Å². The Bertz CT molecular complexity index is 691. The average molecular weight is 331 g/mol. The zero-order valence-corrected chi connectivity index (χ0v) is 12.2. The molecule has 0 radical (unpaired) electrons. The molecule has 4 nitrogen and oxygen atoms in total. The van der Waals surface area contributed by atoms with E-state index in [4.69, 9.17) is 0 Å². The smallest absolute Gasteiger partial charge is 0.404 e. The zero-order valence-electron chi connectivity index (χ0n) is 11.4. The van der Waals surface area contributed by atoms with Crippen LogP contribution in [0.3, 0.4) is 0 Å². The summed E-state index contributed by atoms with van der Waals surface area (Å²) in [6, 6.07) is 11.7. The van der Waals surface area contributed by atoms with Gasteiger partial charge in [0.25, 0.3) is 11.3 Å². The van der Waals surface area contributed by atoms with Crippen molar-refractivity contribution < 1.29 is 26.7 Å². The molecule has 22 heavy (non-hydrogen) atoms. The number of benzene rings is 2. The molecule has 0 aliphatic heterocycles. The molecule has 0 aliphatic carbocycles. The zero-order chi connectivity index (χ0) is 16.3. The van der Waals surface area contributed by atoms with E-state index in [-0.39, 0.29) is 5.69 Å². The predicted octanol–water partition coefficient (Wildman–Crippen LogP) is 4.17. The summed E-state index contributed by atoms with van der Waals surface area (Å²) >= 11 is -2.57. The highest BCUT2D eigenvalue weighted by molar-refractivity contribution is 7.81. The van der Waals surface area contributed by atoms with E-state index in [1.54, 1.807) is 25.1 Å². The Hall–Kier alpha value is -2.06. The molecule has 0 amide bonds. The summed E-state index contributed by atoms with van der Waals surface area (Å²) in [5.41, 5.74) is 0.781. The normalized spacial score (nSPS) is 12.8. The van der Waals surface area contributed by atoms with E-state index in [0.717, 1.165) is 10.4 Å². The predicted molar refractivity (Wildman–Crippen MR) is 77.2 cm³/mol. The van der Waals surface area contributed by atoms with Crippen LogP contribution in [0, 0.1) is 6.92 Å². The van der Waals surface area contributed by atoms with Crippen molar-refractivity contribution in [1.29, 1.82) is 0 Å². The number of hydrogen-bond acceptors (Lipinski definition) is 2. The van der Waals surface area contributed by atoms with E-state index in [9.17, 15) is 21.9 Å². The van der Waals surface area contributed by atoms with Crippen LogP contribution in [0.25, 0.3) is 0 Å². The van der Waals surface area contributed by atoms with Crippen molar-refractivity contribution in [3.8, 4) is 5.75 Å². The maximum atomic E-state index is 12.5. The molecular weight excluding hydrogens is 319 g/mol. The third-order valence-electron chi connectivity index (χ3n) is 2.80. The van der Waals surface area contributed by atoms with E-state index in [1.807, 2.05) is 0 Å². The van der Waals surface area contributed by atoms with Crippen molar-refractivity contribution in [2.75, 3.05) is 4.31 Å². The van der Waals surface area contributed by atoms with Gasteiger partial charge in [-0.05, 0) is 30.7 Å². The van der Waals surface area contributed by atoms with E-state index >= 15 is 0 Å². The molecule has 1 atom stereocenters. The van der Waals surface area contributed by atoms with Gasteiger partial charge in [0.15, 0.2) is 5.75 Å². The maximum Gasteiger partial charge on any atom is 0.573 e. The fourth-order valence-electron chi connectivity index (χ4n) is 1.93. The van der Waals surface area contributed by atoms with Crippen LogP contribution in [0.2, 0.25) is 0 Å². The Morgan fingerprint density at radius 1 is 1.05 bits per heavy atom. The first-order chi connectivity index (χ1) is 10.3. The van der Waals surface area contributed by atoms with Crippen LogP contribution in [0.15, 0.2) is 48.5 Å². The first kappa shape index (κ1) is 16.3. The molecule has 0 saturated heterocycles. The van der Waals surface area contributed by atoms with Gasteiger partial charge in [-0.25, -0.2) is 8.51 Å². The van der Waals surface area contributed by atoms with Crippen LogP contribution in [-0.2, 0) is 11.3 Å². The molecule has 0 saturated carbocycles. The monoisotopic (exact) mass is 331 g/mol. The van der Waals surface area contributed by atoms with Gasteiger partial charge in [0.1, 0.15) is 0 Å². The van der Waals surface area contributed by atoms with Crippen LogP contribution in [-0.4, -0.2) is 15.1 Å². The van der Waals surface area contributed by atoms with Crippen molar-refractivity contribution in [1.82, 2.24) is 0 Å². The first-order valence-electron chi connectivity index (χ1n) is 6.11. The molecule has 118 valence electrons. The van der Waals surface area contributed by atoms with Crippen molar-refractivity contribution in [3.05, 3.63) is 54.1 Å². The van der Waals surface area contributed by atoms with Gasteiger partial charge in [-0.3, -0.25) is 4.55 Å². The lowest BCUT2D eigenvalue weighted by molar-refractivity contribution is -0.274. The lowest BCUT2D eigenvalue weighted by atomic mass is 10.2. The fraction of sp³-hybridized carbons (Fsp3) is 0.143. The topological polar surface area (TPSA) is 49.8 Å². The Morgan fingerprint density at radius 3 is 2.14 bits per heavy atom. The molecule has 1 unspecified atom stereocenters. The summed E-state index contributed by atoms with van der Waals surface area (Å²) in [5, 5.41) is 0. The highest BCUT2D eigenvalue weighted by Gasteiger charge is 2.33. The van der Waals surface area contributed by atoms with Crippen molar-refractivity contribution >= 4 is 22.6 Å². The quantitative estimate of drug-likeness (QED) is 0.856. The lowest BCUT2D eigenvalue weighted by Gasteiger charge is -2.24. The standard InChI is InChI=1S/C14H12F3NO3S/c1-10-6-2-3-7-11(10)18(22(19)20)12-8-4-5-9-13(12)21-14(15,16)17/h2-9H,1H3,(H,19,20). The summed E-state index contributed by atoms with van der Waals surface area (Å²) in [4.78, 5) is 0. The number of hydrogen-bond donors (Lipinski definition) is 1. The molecule has 0 fully saturated rings. The third kappa shape index (κ3) is 3.77. The van der Waals surface area contributed by atoms with Gasteiger partial charge in [-0.1, -0.05) is 30.3 Å². The minimum Gasteiger partial charge on any atom is -0.404 e. The summed E-state index contributed by atoms with van der Waals surface area (Å²) < 4.78 is 63.5. The second kappa shape index (κ2) is 6.37. The molecule has 2 rings (SSSR count). The number of anilines is 2. The van der Waals surface area contributed by atoms with E-state index in [2.05, 4.69) is 4.74 Å². The average Bonchev–Trinajstić information content (AvgIpc) is 2.41. The van der Waals surface area contributed by atoms with Gasteiger partial charge in [-0.15, -0.1) is 13.2 Å². The van der Waals surface area contributed by atoms with Gasteiger partial charge in [0.05, 0.1) is 11.4 Å². The van der Waals surface area contributed by atoms with Crippen LogP contribution < -0.4 is 9.04 Å². The third-order valence-corrected chi connectivity index (χ3v) is 3.51. The number of ether oxygens (including phenoxy) is 1. The Balaban J connectivity index is 2.56. The van der Waals surface area contributed by atoms with Crippen LogP contribution in [0.4, 0.5) is 24.5 Å². The highest BCUT2D eigenvalue weighted by Crippen LogP contribution is 2.38. The first-order valence-corrected chi connectivity index (χ1v) is 7.17. The summed E-state index contributed by atoms with van der Waals surface area (Å²) in [6.07, 6.45) is -4.90. The molecule has 8 heteroatoms. The van der Waals surface area contributed by atoms with Gasteiger partial charge >= 0.3 is 6.36 Å². The van der Waals surface area contributed by atoms with Gasteiger partial charge in [0.2, 0.25) is 0 Å². The van der Waals surface area contributed by atoms with Crippen LogP contribution >= 0.6 is 0 Å². The second-order valence-electron chi connectivity index (χ2n) is 4.33. The molecule has 2 aromatic rings. The number of halogens is 3. The highest BCUT2D eigenvalue weighted by atomic mass is 32.2. The molecule has 0 bridgehead atoms. The number of nitrogens with zero attached hydrogens (tertiary/aromatic N) is 1. The number of aryl methyl sites for hydroxylation is 1. The maximum absolute atomic E-state index is 12.5. The van der Waals surface area contributed by atoms with Crippen molar-refractivity contribution in [2.24, 2.45) is 0 Å². The molecule has 0 spiro atoms.